The molecule has 1 atom stereocenters. The molecule has 2 aromatic carbocycles. The highest BCUT2D eigenvalue weighted by atomic mass is 79.9. The number of hydrogen-bond donors (Lipinski definition) is 4. The first kappa shape index (κ1) is 18.9. The van der Waals surface area contributed by atoms with Crippen molar-refractivity contribution < 1.29 is 4.74 Å². The fraction of sp³-hybridized carbons (Fsp3) is 0.182. The molecule has 30 heavy (non-hydrogen) atoms. The van der Waals surface area contributed by atoms with E-state index in [0.717, 1.165) is 15.9 Å². The Kier molecular flexibility index (Phi) is 5.25. The van der Waals surface area contributed by atoms with E-state index in [1.807, 2.05) is 54.6 Å². The summed E-state index contributed by atoms with van der Waals surface area (Å²) < 4.78 is 6.80. The highest BCUT2D eigenvalue weighted by molar-refractivity contribution is 9.10. The largest absolute Gasteiger partial charge is 0.455 e. The molecule has 1 unspecified atom stereocenters. The van der Waals surface area contributed by atoms with Crippen molar-refractivity contribution in [1.29, 1.82) is 0 Å². The van der Waals surface area contributed by atoms with E-state index >= 15 is 0 Å². The number of nitrogens with one attached hydrogen (secondary N) is 4. The van der Waals surface area contributed by atoms with Gasteiger partial charge in [-0.3, -0.25) is 0 Å². The van der Waals surface area contributed by atoms with Gasteiger partial charge >= 0.3 is 0 Å². The zero-order valence-corrected chi connectivity index (χ0v) is 17.7. The maximum Gasteiger partial charge on any atom is 0.229 e. The van der Waals surface area contributed by atoms with E-state index in [1.54, 1.807) is 6.20 Å². The van der Waals surface area contributed by atoms with Crippen LogP contribution < -0.4 is 26.2 Å². The van der Waals surface area contributed by atoms with E-state index in [4.69, 9.17) is 4.74 Å². The summed E-state index contributed by atoms with van der Waals surface area (Å²) in [4.78, 5) is 9.03. The molecule has 7 nitrogen and oxygen atoms in total. The van der Waals surface area contributed by atoms with Crippen LogP contribution in [0.1, 0.15) is 12.8 Å². The zero-order chi connectivity index (χ0) is 20.3. The van der Waals surface area contributed by atoms with Crippen molar-refractivity contribution in [2.24, 2.45) is 5.92 Å². The molecule has 0 spiro atoms. The fourth-order valence-corrected chi connectivity index (χ4v) is 3.51. The normalized spacial score (nSPS) is 17.8. The molecule has 0 bridgehead atoms. The predicted octanol–water partition coefficient (Wildman–Crippen LogP) is 4.91. The molecule has 0 amide bonds. The lowest BCUT2D eigenvalue weighted by molar-refractivity contribution is 0.485. The van der Waals surface area contributed by atoms with E-state index in [2.05, 4.69) is 53.5 Å². The predicted molar refractivity (Wildman–Crippen MR) is 120 cm³/mol. The van der Waals surface area contributed by atoms with Gasteiger partial charge in [-0.15, -0.1) is 0 Å². The quantitative estimate of drug-likeness (QED) is 0.395. The lowest BCUT2D eigenvalue weighted by Crippen LogP contribution is -2.37. The van der Waals surface area contributed by atoms with Gasteiger partial charge in [0, 0.05) is 11.9 Å². The maximum atomic E-state index is 6.01. The van der Waals surface area contributed by atoms with E-state index in [9.17, 15) is 0 Å². The smallest absolute Gasteiger partial charge is 0.229 e. The molecular formula is C22H21BrN6O. The van der Waals surface area contributed by atoms with Gasteiger partial charge in [0.2, 0.25) is 5.95 Å². The second-order valence-corrected chi connectivity index (χ2v) is 8.07. The minimum absolute atomic E-state index is 0.0339. The van der Waals surface area contributed by atoms with Crippen LogP contribution in [0, 0.1) is 5.92 Å². The molecule has 0 saturated heterocycles. The van der Waals surface area contributed by atoms with Gasteiger partial charge in [-0.1, -0.05) is 30.3 Å². The Morgan fingerprint density at radius 1 is 1.03 bits per heavy atom. The monoisotopic (exact) mass is 464 g/mol. The first-order valence-corrected chi connectivity index (χ1v) is 10.7. The van der Waals surface area contributed by atoms with E-state index in [1.165, 1.54) is 18.5 Å². The molecule has 3 aromatic rings. The number of aromatic nitrogens is 2. The molecule has 2 aliphatic rings. The van der Waals surface area contributed by atoms with Crippen LogP contribution in [-0.2, 0) is 0 Å². The molecule has 5 rings (SSSR count). The zero-order valence-electron chi connectivity index (χ0n) is 16.1. The van der Waals surface area contributed by atoms with Gasteiger partial charge < -0.3 is 20.8 Å². The minimum atomic E-state index is -0.0339. The summed E-state index contributed by atoms with van der Waals surface area (Å²) in [6.07, 6.45) is 6.37. The van der Waals surface area contributed by atoms with Gasteiger partial charge in [0.1, 0.15) is 17.7 Å². The summed E-state index contributed by atoms with van der Waals surface area (Å²) in [6.45, 7) is 0. The Morgan fingerprint density at radius 2 is 1.83 bits per heavy atom. The highest BCUT2D eigenvalue weighted by Gasteiger charge is 2.30. The van der Waals surface area contributed by atoms with Gasteiger partial charge in [0.15, 0.2) is 5.75 Å². The Bertz CT molecular complexity index is 1070. The number of nitrogens with zero attached hydrogens (tertiary/aromatic N) is 2. The van der Waals surface area contributed by atoms with Crippen LogP contribution >= 0.6 is 15.9 Å². The molecule has 2 heterocycles. The molecular weight excluding hydrogens is 444 g/mol. The van der Waals surface area contributed by atoms with Crippen LogP contribution in [0.4, 0.5) is 17.5 Å². The Hall–Kier alpha value is -3.10. The number of hydrogen-bond acceptors (Lipinski definition) is 7. The van der Waals surface area contributed by atoms with Gasteiger partial charge in [0.25, 0.3) is 0 Å². The number of hydrazine groups is 1. The number of allylic oxidation sites excluding steroid dienone is 1. The first-order valence-electron chi connectivity index (χ1n) is 9.86. The van der Waals surface area contributed by atoms with Crippen molar-refractivity contribution in [3.8, 4) is 11.5 Å². The number of ether oxygens (including phenoxy) is 1. The maximum absolute atomic E-state index is 6.01. The van der Waals surface area contributed by atoms with Crippen LogP contribution in [0.3, 0.4) is 0 Å². The first-order chi connectivity index (χ1) is 14.7. The number of anilines is 3. The van der Waals surface area contributed by atoms with Crippen molar-refractivity contribution in [1.82, 2.24) is 20.8 Å². The summed E-state index contributed by atoms with van der Waals surface area (Å²) in [5, 5.41) is 6.65. The third kappa shape index (κ3) is 4.39. The van der Waals surface area contributed by atoms with Crippen molar-refractivity contribution in [2.45, 2.75) is 19.0 Å². The summed E-state index contributed by atoms with van der Waals surface area (Å²) in [5.74, 6) is 3.30. The number of rotatable bonds is 7. The van der Waals surface area contributed by atoms with Crippen molar-refractivity contribution in [3.05, 3.63) is 77.0 Å². The van der Waals surface area contributed by atoms with E-state index < -0.39 is 0 Å². The topological polar surface area (TPSA) is 83.1 Å². The van der Waals surface area contributed by atoms with Gasteiger partial charge in [0.05, 0.1) is 10.2 Å². The summed E-state index contributed by atoms with van der Waals surface area (Å²) in [5.41, 5.74) is 8.52. The van der Waals surface area contributed by atoms with Crippen LogP contribution in [0.2, 0.25) is 0 Å². The van der Waals surface area contributed by atoms with Gasteiger partial charge in [-0.2, -0.15) is 4.98 Å². The highest BCUT2D eigenvalue weighted by Crippen LogP contribution is 2.36. The van der Waals surface area contributed by atoms with E-state index in [0.29, 0.717) is 23.4 Å². The molecule has 1 saturated carbocycles. The number of benzene rings is 2. The second kappa shape index (κ2) is 8.33. The van der Waals surface area contributed by atoms with Crippen LogP contribution in [0.25, 0.3) is 0 Å². The van der Waals surface area contributed by atoms with Crippen molar-refractivity contribution >= 4 is 33.4 Å². The van der Waals surface area contributed by atoms with Gasteiger partial charge in [-0.05, 0) is 65.0 Å². The summed E-state index contributed by atoms with van der Waals surface area (Å²) >= 11 is 3.53. The van der Waals surface area contributed by atoms with Crippen molar-refractivity contribution in [3.63, 3.8) is 0 Å². The van der Waals surface area contributed by atoms with Crippen LogP contribution in [0.5, 0.6) is 11.5 Å². The molecule has 1 aliphatic heterocycles. The Labute approximate surface area is 183 Å². The third-order valence-electron chi connectivity index (χ3n) is 4.88. The fourth-order valence-electron chi connectivity index (χ4n) is 3.20. The molecule has 1 aliphatic carbocycles. The summed E-state index contributed by atoms with van der Waals surface area (Å²) in [7, 11) is 0. The molecule has 8 heteroatoms. The summed E-state index contributed by atoms with van der Waals surface area (Å²) in [6, 6.07) is 17.4. The van der Waals surface area contributed by atoms with E-state index in [-0.39, 0.29) is 6.17 Å². The molecule has 4 N–H and O–H groups in total. The molecule has 0 radical (unpaired) electrons. The Morgan fingerprint density at radius 3 is 2.67 bits per heavy atom. The van der Waals surface area contributed by atoms with Gasteiger partial charge in [-0.25, -0.2) is 10.4 Å². The molecule has 1 aromatic heterocycles. The average molecular weight is 465 g/mol. The number of halogens is 1. The Balaban J connectivity index is 1.33. The number of para-hydroxylation sites is 3. The van der Waals surface area contributed by atoms with Crippen LogP contribution in [0.15, 0.2) is 77.0 Å². The lowest BCUT2D eigenvalue weighted by atomic mass is 10.3. The lowest BCUT2D eigenvalue weighted by Gasteiger charge is -2.15. The molecule has 1 fully saturated rings. The SMILES string of the molecule is Brc1cnc(Nc2ccccc2Oc2ccccc2)nc1NC1C=C(C2CC2)NN1. The third-order valence-corrected chi connectivity index (χ3v) is 5.46. The standard InChI is InChI=1S/C22H21BrN6O/c23-16-13-24-22(27-21(16)26-20-12-18(28-29-20)14-10-11-14)25-17-8-4-5-9-19(17)30-15-6-2-1-3-7-15/h1-9,12-14,20,28-29H,10-11H2,(H2,24,25,26,27). The molecule has 152 valence electrons. The average Bonchev–Trinajstić information content (AvgIpc) is 3.52. The van der Waals surface area contributed by atoms with Crippen LogP contribution in [-0.4, -0.2) is 16.1 Å². The minimum Gasteiger partial charge on any atom is -0.455 e. The second-order valence-electron chi connectivity index (χ2n) is 7.21. The van der Waals surface area contributed by atoms with Crippen molar-refractivity contribution in [2.75, 3.05) is 10.6 Å².